The van der Waals surface area contributed by atoms with Crippen LogP contribution in [0.2, 0.25) is 18.1 Å². The second-order valence-electron chi connectivity index (χ2n) is 8.49. The normalized spacial score (nSPS) is 34.2. The van der Waals surface area contributed by atoms with Crippen LogP contribution < -0.4 is 0 Å². The van der Waals surface area contributed by atoms with Gasteiger partial charge in [0.25, 0.3) is 0 Å². The SMILES string of the molecule is CC1(C)O[C@@H]2[C@H](O1)[C@@H](O[Si](C)(C)C(C)(C)C)O[C@@H]2[C@H](O)C[N+](=O)[O-]. The first-order chi connectivity index (χ1) is 10.7. The topological polar surface area (TPSA) is 100 Å². The Labute approximate surface area is 143 Å². The standard InChI is InChI=1S/C15H29NO7Si/c1-14(2,3)24(6,7)23-13-12-11(21-15(4,5)22-12)10(20-13)9(17)8-16(18)19/h9-13,17H,8H2,1-7H3/t9-,10-,11+,12+,13-/m1/s1. The van der Waals surface area contributed by atoms with Crippen LogP contribution in [-0.2, 0) is 18.6 Å². The molecule has 0 spiro atoms. The average Bonchev–Trinajstić information content (AvgIpc) is 2.81. The molecule has 0 aromatic rings. The minimum absolute atomic E-state index is 0.0294. The van der Waals surface area contributed by atoms with E-state index in [1.54, 1.807) is 13.8 Å². The van der Waals surface area contributed by atoms with Crippen LogP contribution in [0.15, 0.2) is 0 Å². The van der Waals surface area contributed by atoms with Gasteiger partial charge in [0.05, 0.1) is 0 Å². The van der Waals surface area contributed by atoms with Gasteiger partial charge in [0.15, 0.2) is 20.4 Å². The zero-order valence-corrected chi connectivity index (χ0v) is 16.4. The van der Waals surface area contributed by atoms with Gasteiger partial charge in [-0.25, -0.2) is 0 Å². The molecule has 8 nitrogen and oxygen atoms in total. The minimum Gasteiger partial charge on any atom is -0.390 e. The Morgan fingerprint density at radius 1 is 1.29 bits per heavy atom. The molecule has 2 fully saturated rings. The molecule has 0 radical (unpaired) electrons. The summed E-state index contributed by atoms with van der Waals surface area (Å²) in [6, 6.07) is 0. The number of ether oxygens (including phenoxy) is 3. The Morgan fingerprint density at radius 3 is 2.33 bits per heavy atom. The molecular weight excluding hydrogens is 334 g/mol. The lowest BCUT2D eigenvalue weighted by atomic mass is 10.1. The predicted octanol–water partition coefficient (Wildman–Crippen LogP) is 1.89. The molecule has 2 aliphatic rings. The molecule has 0 aromatic heterocycles. The number of aliphatic hydroxyl groups excluding tert-OH is 1. The Bertz CT molecular complexity index is 491. The summed E-state index contributed by atoms with van der Waals surface area (Å²) in [5, 5.41) is 20.9. The van der Waals surface area contributed by atoms with E-state index in [4.69, 9.17) is 18.6 Å². The lowest BCUT2D eigenvalue weighted by Crippen LogP contribution is -2.47. The molecule has 140 valence electrons. The highest BCUT2D eigenvalue weighted by atomic mass is 28.4. The molecule has 0 bridgehead atoms. The molecule has 0 aromatic carbocycles. The highest BCUT2D eigenvalue weighted by Gasteiger charge is 2.59. The first kappa shape index (κ1) is 19.7. The third-order valence-electron chi connectivity index (χ3n) is 4.98. The highest BCUT2D eigenvalue weighted by Crippen LogP contribution is 2.44. The van der Waals surface area contributed by atoms with Crippen LogP contribution in [0.25, 0.3) is 0 Å². The summed E-state index contributed by atoms with van der Waals surface area (Å²) in [7, 11) is -2.15. The fourth-order valence-electron chi connectivity index (χ4n) is 2.72. The molecule has 2 heterocycles. The fraction of sp³-hybridized carbons (Fsp3) is 1.00. The number of fused-ring (bicyclic) bond motifs is 1. The van der Waals surface area contributed by atoms with Crippen molar-refractivity contribution < 1.29 is 28.7 Å². The van der Waals surface area contributed by atoms with Gasteiger partial charge >= 0.3 is 0 Å². The van der Waals surface area contributed by atoms with E-state index in [2.05, 4.69) is 33.9 Å². The molecule has 9 heteroatoms. The van der Waals surface area contributed by atoms with Gasteiger partial charge in [0, 0.05) is 4.92 Å². The lowest BCUT2D eigenvalue weighted by molar-refractivity contribution is -0.493. The van der Waals surface area contributed by atoms with Crippen LogP contribution in [-0.4, -0.2) is 61.4 Å². The quantitative estimate of drug-likeness (QED) is 0.452. The summed E-state index contributed by atoms with van der Waals surface area (Å²) in [6.07, 6.45) is -3.94. The van der Waals surface area contributed by atoms with E-state index in [0.29, 0.717) is 0 Å². The summed E-state index contributed by atoms with van der Waals surface area (Å²) in [4.78, 5) is 10.2. The number of nitrogens with zero attached hydrogens (tertiary/aromatic N) is 1. The van der Waals surface area contributed by atoms with Gasteiger partial charge in [0.2, 0.25) is 6.54 Å². The van der Waals surface area contributed by atoms with Gasteiger partial charge in [-0.15, -0.1) is 0 Å². The molecule has 0 amide bonds. The second kappa shape index (κ2) is 6.29. The van der Waals surface area contributed by atoms with Gasteiger partial charge in [-0.05, 0) is 32.0 Å². The number of rotatable bonds is 5. The van der Waals surface area contributed by atoms with Crippen molar-refractivity contribution in [3.63, 3.8) is 0 Å². The number of hydrogen-bond donors (Lipinski definition) is 1. The van der Waals surface area contributed by atoms with Crippen LogP contribution in [0.1, 0.15) is 34.6 Å². The van der Waals surface area contributed by atoms with E-state index in [1.165, 1.54) is 0 Å². The monoisotopic (exact) mass is 363 g/mol. The molecule has 0 unspecified atom stereocenters. The Balaban J connectivity index is 2.20. The van der Waals surface area contributed by atoms with Crippen molar-refractivity contribution in [2.24, 2.45) is 0 Å². The van der Waals surface area contributed by atoms with Gasteiger partial charge in [-0.2, -0.15) is 0 Å². The maximum atomic E-state index is 10.7. The van der Waals surface area contributed by atoms with Crippen LogP contribution in [0.5, 0.6) is 0 Å². The van der Waals surface area contributed by atoms with Crippen LogP contribution >= 0.6 is 0 Å². The van der Waals surface area contributed by atoms with Crippen molar-refractivity contribution in [1.82, 2.24) is 0 Å². The van der Waals surface area contributed by atoms with E-state index in [1.807, 2.05) is 0 Å². The van der Waals surface area contributed by atoms with Crippen molar-refractivity contribution in [3.05, 3.63) is 10.1 Å². The van der Waals surface area contributed by atoms with Crippen molar-refractivity contribution >= 4 is 8.32 Å². The van der Waals surface area contributed by atoms with E-state index in [0.717, 1.165) is 0 Å². The van der Waals surface area contributed by atoms with E-state index >= 15 is 0 Å². The van der Waals surface area contributed by atoms with Crippen LogP contribution in [0.4, 0.5) is 0 Å². The Hall–Kier alpha value is -0.583. The van der Waals surface area contributed by atoms with Crippen LogP contribution in [0, 0.1) is 10.1 Å². The van der Waals surface area contributed by atoms with Crippen molar-refractivity contribution in [2.45, 2.75) is 89.2 Å². The fourth-order valence-corrected chi connectivity index (χ4v) is 3.84. The number of aliphatic hydroxyl groups is 1. The highest BCUT2D eigenvalue weighted by molar-refractivity contribution is 6.74. The lowest BCUT2D eigenvalue weighted by Gasteiger charge is -2.39. The average molecular weight is 363 g/mol. The molecular formula is C15H29NO7Si. The molecule has 1 N–H and O–H groups in total. The van der Waals surface area contributed by atoms with Gasteiger partial charge in [-0.1, -0.05) is 20.8 Å². The zero-order chi connectivity index (χ0) is 18.5. The minimum atomic E-state index is -2.15. The molecule has 0 saturated carbocycles. The molecule has 24 heavy (non-hydrogen) atoms. The predicted molar refractivity (Wildman–Crippen MR) is 88.6 cm³/mol. The molecule has 5 atom stereocenters. The Kier molecular flexibility index (Phi) is 5.18. The summed E-state index contributed by atoms with van der Waals surface area (Å²) in [5.74, 6) is -0.846. The van der Waals surface area contributed by atoms with Gasteiger partial charge in [-0.3, -0.25) is 10.1 Å². The van der Waals surface area contributed by atoms with Crippen molar-refractivity contribution in [1.29, 1.82) is 0 Å². The summed E-state index contributed by atoms with van der Waals surface area (Å²) in [5.41, 5.74) is 0. The Morgan fingerprint density at radius 2 is 1.83 bits per heavy atom. The van der Waals surface area contributed by atoms with Crippen molar-refractivity contribution in [3.8, 4) is 0 Å². The van der Waals surface area contributed by atoms with E-state index in [-0.39, 0.29) is 5.04 Å². The van der Waals surface area contributed by atoms with E-state index < -0.39 is 56.3 Å². The van der Waals surface area contributed by atoms with Gasteiger partial charge < -0.3 is 23.7 Å². The summed E-state index contributed by atoms with van der Waals surface area (Å²) < 4.78 is 23.8. The first-order valence-electron chi connectivity index (χ1n) is 8.22. The summed E-state index contributed by atoms with van der Waals surface area (Å²) >= 11 is 0. The maximum Gasteiger partial charge on any atom is 0.232 e. The van der Waals surface area contributed by atoms with Crippen molar-refractivity contribution in [2.75, 3.05) is 6.54 Å². The molecule has 0 aliphatic carbocycles. The number of hydrogen-bond acceptors (Lipinski definition) is 7. The summed E-state index contributed by atoms with van der Waals surface area (Å²) in [6.45, 7) is 13.4. The van der Waals surface area contributed by atoms with Gasteiger partial charge in [0.1, 0.15) is 24.4 Å². The largest absolute Gasteiger partial charge is 0.390 e. The second-order valence-corrected chi connectivity index (χ2v) is 13.3. The van der Waals surface area contributed by atoms with Crippen LogP contribution in [0.3, 0.4) is 0 Å². The molecule has 2 rings (SSSR count). The van der Waals surface area contributed by atoms with E-state index in [9.17, 15) is 15.2 Å². The zero-order valence-electron chi connectivity index (χ0n) is 15.4. The number of nitro groups is 1. The first-order valence-corrected chi connectivity index (χ1v) is 11.1. The molecule has 2 aliphatic heterocycles. The third-order valence-corrected chi connectivity index (χ3v) is 9.41. The third kappa shape index (κ3) is 3.97. The maximum absolute atomic E-state index is 10.7. The smallest absolute Gasteiger partial charge is 0.232 e. The molecule has 2 saturated heterocycles.